The zero-order valence-corrected chi connectivity index (χ0v) is 19.7. The molecule has 12 nitrogen and oxygen atoms in total. The molecule has 4 unspecified atom stereocenters. The van der Waals surface area contributed by atoms with Crippen molar-refractivity contribution in [1.29, 1.82) is 0 Å². The van der Waals surface area contributed by atoms with Crippen molar-refractivity contribution in [2.75, 3.05) is 27.4 Å². The summed E-state index contributed by atoms with van der Waals surface area (Å²) in [6, 6.07) is -0.0586. The molecule has 0 saturated carbocycles. The van der Waals surface area contributed by atoms with Crippen LogP contribution in [-0.2, 0) is 33.3 Å². The molecule has 4 atom stereocenters. The van der Waals surface area contributed by atoms with Gasteiger partial charge in [0, 0.05) is 26.0 Å². The number of carbonyl (C=O) groups excluding carboxylic acids is 4. The van der Waals surface area contributed by atoms with Crippen LogP contribution in [0, 0.1) is 11.8 Å². The molecule has 1 aliphatic rings. The summed E-state index contributed by atoms with van der Waals surface area (Å²) in [7, 11) is 2.75. The van der Waals surface area contributed by atoms with Gasteiger partial charge in [0.05, 0.1) is 18.9 Å². The number of ether oxygens (including phenoxy) is 5. The number of esters is 3. The molecule has 0 radical (unpaired) electrons. The molecular formula is C22H30N2O10. The number of nitrogens with one attached hydrogen (secondary N) is 1. The van der Waals surface area contributed by atoms with Crippen LogP contribution >= 0.6 is 0 Å². The van der Waals surface area contributed by atoms with Crippen molar-refractivity contribution in [2.24, 2.45) is 11.8 Å². The number of nitrogens with zero attached hydrogens (tertiary/aromatic N) is 1. The summed E-state index contributed by atoms with van der Waals surface area (Å²) in [5, 5.41) is 12.5. The predicted molar refractivity (Wildman–Crippen MR) is 115 cm³/mol. The highest BCUT2D eigenvalue weighted by atomic mass is 16.6. The molecule has 0 bridgehead atoms. The molecule has 0 aliphatic carbocycles. The summed E-state index contributed by atoms with van der Waals surface area (Å²) in [6.07, 6.45) is -0.776. The molecule has 34 heavy (non-hydrogen) atoms. The van der Waals surface area contributed by atoms with E-state index in [1.165, 1.54) is 33.4 Å². The number of rotatable bonds is 8. The molecule has 1 saturated heterocycles. The van der Waals surface area contributed by atoms with E-state index in [1.54, 1.807) is 13.8 Å². The molecule has 2 rings (SSSR count). The van der Waals surface area contributed by atoms with E-state index in [9.17, 15) is 24.3 Å². The van der Waals surface area contributed by atoms with Crippen LogP contribution in [0.1, 0.15) is 37.7 Å². The lowest BCUT2D eigenvalue weighted by Crippen LogP contribution is -2.46. The average Bonchev–Trinajstić information content (AvgIpc) is 2.83. The SMILES string of the molecule is COCCC1C(=O)OCC(NC(=O)c2nccc(OC)c2O)C(=O)OC(C)C1OC(=O)C(C)C. The van der Waals surface area contributed by atoms with E-state index in [4.69, 9.17) is 23.7 Å². The van der Waals surface area contributed by atoms with E-state index in [0.717, 1.165) is 0 Å². The number of hydrogen-bond acceptors (Lipinski definition) is 11. The summed E-state index contributed by atoms with van der Waals surface area (Å²) in [4.78, 5) is 54.4. The molecule has 1 fully saturated rings. The topological polar surface area (TPSA) is 160 Å². The van der Waals surface area contributed by atoms with Crippen LogP contribution in [0.15, 0.2) is 12.3 Å². The average molecular weight is 482 g/mol. The molecule has 12 heteroatoms. The zero-order chi connectivity index (χ0) is 25.4. The highest BCUT2D eigenvalue weighted by Crippen LogP contribution is 2.28. The second kappa shape index (κ2) is 12.2. The molecule has 2 heterocycles. The molecule has 188 valence electrons. The Kier molecular flexibility index (Phi) is 9.60. The van der Waals surface area contributed by atoms with Gasteiger partial charge in [0.1, 0.15) is 12.7 Å². The maximum absolute atomic E-state index is 12.9. The van der Waals surface area contributed by atoms with Gasteiger partial charge in [-0.15, -0.1) is 0 Å². The van der Waals surface area contributed by atoms with Gasteiger partial charge in [-0.25, -0.2) is 9.78 Å². The minimum atomic E-state index is -1.41. The summed E-state index contributed by atoms with van der Waals surface area (Å²) in [6.45, 7) is 4.35. The first kappa shape index (κ1) is 26.8. The first-order chi connectivity index (χ1) is 16.1. The van der Waals surface area contributed by atoms with Gasteiger partial charge in [-0.1, -0.05) is 13.8 Å². The molecule has 0 spiro atoms. The molecular weight excluding hydrogens is 452 g/mol. The van der Waals surface area contributed by atoms with E-state index in [-0.39, 0.29) is 18.8 Å². The first-order valence-corrected chi connectivity index (χ1v) is 10.7. The first-order valence-electron chi connectivity index (χ1n) is 10.7. The smallest absolute Gasteiger partial charge is 0.332 e. The van der Waals surface area contributed by atoms with Crippen LogP contribution in [0.25, 0.3) is 0 Å². The van der Waals surface area contributed by atoms with Gasteiger partial charge >= 0.3 is 17.9 Å². The number of carbonyl (C=O) groups is 4. The Hall–Kier alpha value is -3.41. The molecule has 0 aromatic carbocycles. The maximum Gasteiger partial charge on any atom is 0.332 e. The van der Waals surface area contributed by atoms with E-state index in [1.807, 2.05) is 0 Å². The number of pyridine rings is 1. The number of hydrogen-bond donors (Lipinski definition) is 2. The number of aromatic nitrogens is 1. The van der Waals surface area contributed by atoms with Crippen molar-refractivity contribution in [3.63, 3.8) is 0 Å². The molecule has 2 N–H and O–H groups in total. The van der Waals surface area contributed by atoms with Crippen molar-refractivity contribution in [3.8, 4) is 11.5 Å². The van der Waals surface area contributed by atoms with Crippen molar-refractivity contribution in [1.82, 2.24) is 10.3 Å². The summed E-state index contributed by atoms with van der Waals surface area (Å²) < 4.78 is 26.2. The third-order valence-electron chi connectivity index (χ3n) is 5.12. The van der Waals surface area contributed by atoms with E-state index < -0.39 is 72.0 Å². The van der Waals surface area contributed by atoms with Gasteiger partial charge in [-0.05, 0) is 13.3 Å². The maximum atomic E-state index is 12.9. The lowest BCUT2D eigenvalue weighted by molar-refractivity contribution is -0.177. The Bertz CT molecular complexity index is 904. The summed E-state index contributed by atoms with van der Waals surface area (Å²) in [5.41, 5.74) is -0.395. The second-order valence-corrected chi connectivity index (χ2v) is 7.95. The molecule has 1 aromatic rings. The van der Waals surface area contributed by atoms with Crippen LogP contribution in [-0.4, -0.2) is 79.6 Å². The fourth-order valence-electron chi connectivity index (χ4n) is 3.20. The van der Waals surface area contributed by atoms with Crippen molar-refractivity contribution < 1.29 is 48.0 Å². The van der Waals surface area contributed by atoms with Gasteiger partial charge in [0.2, 0.25) is 0 Å². The summed E-state index contributed by atoms with van der Waals surface area (Å²) in [5.74, 6) is -5.13. The van der Waals surface area contributed by atoms with Crippen LogP contribution in [0.2, 0.25) is 0 Å². The normalized spacial score (nSPS) is 23.1. The quantitative estimate of drug-likeness (QED) is 0.394. The number of amides is 1. The molecule has 1 aliphatic heterocycles. The molecule has 1 amide bonds. The minimum Gasteiger partial charge on any atom is -0.503 e. The van der Waals surface area contributed by atoms with Crippen molar-refractivity contribution >= 4 is 23.8 Å². The fraction of sp³-hybridized carbons (Fsp3) is 0.591. The predicted octanol–water partition coefficient (Wildman–Crippen LogP) is 0.603. The summed E-state index contributed by atoms with van der Waals surface area (Å²) >= 11 is 0. The Morgan fingerprint density at radius 1 is 1.26 bits per heavy atom. The largest absolute Gasteiger partial charge is 0.503 e. The third-order valence-corrected chi connectivity index (χ3v) is 5.12. The van der Waals surface area contributed by atoms with Crippen LogP contribution in [0.5, 0.6) is 11.5 Å². The number of cyclic esters (lactones) is 2. The van der Waals surface area contributed by atoms with E-state index in [2.05, 4.69) is 10.3 Å². The fourth-order valence-corrected chi connectivity index (χ4v) is 3.20. The Labute approximate surface area is 196 Å². The van der Waals surface area contributed by atoms with Crippen LogP contribution < -0.4 is 10.1 Å². The lowest BCUT2D eigenvalue weighted by Gasteiger charge is -2.29. The second-order valence-electron chi connectivity index (χ2n) is 7.95. The van der Waals surface area contributed by atoms with Gasteiger partial charge in [-0.3, -0.25) is 14.4 Å². The number of aromatic hydroxyl groups is 1. The van der Waals surface area contributed by atoms with Crippen LogP contribution in [0.3, 0.4) is 0 Å². The zero-order valence-electron chi connectivity index (χ0n) is 19.7. The standard InChI is InChI=1S/C22H30N2O10/c1-11(2)20(27)34-18-12(3)33-22(29)14(10-32-21(28)13(18)7-9-30-4)24-19(26)16-17(25)15(31-5)6-8-23-16/h6,8,11-14,18,25H,7,9-10H2,1-5H3,(H,24,26). The van der Waals surface area contributed by atoms with E-state index >= 15 is 0 Å². The monoisotopic (exact) mass is 482 g/mol. The van der Waals surface area contributed by atoms with E-state index in [0.29, 0.717) is 0 Å². The van der Waals surface area contributed by atoms with Crippen molar-refractivity contribution in [2.45, 2.75) is 45.4 Å². The Balaban J connectivity index is 2.28. The van der Waals surface area contributed by atoms with Crippen molar-refractivity contribution in [3.05, 3.63) is 18.0 Å². The highest BCUT2D eigenvalue weighted by Gasteiger charge is 2.42. The highest BCUT2D eigenvalue weighted by molar-refractivity contribution is 5.98. The minimum absolute atomic E-state index is 0.00744. The molecule has 1 aromatic heterocycles. The number of methoxy groups -OCH3 is 2. The van der Waals surface area contributed by atoms with Gasteiger partial charge in [0.15, 0.2) is 29.3 Å². The van der Waals surface area contributed by atoms with Gasteiger partial charge in [0.25, 0.3) is 5.91 Å². The lowest BCUT2D eigenvalue weighted by atomic mass is 9.95. The van der Waals surface area contributed by atoms with Gasteiger partial charge in [-0.2, -0.15) is 0 Å². The van der Waals surface area contributed by atoms with Crippen LogP contribution in [0.4, 0.5) is 0 Å². The third kappa shape index (κ3) is 6.56. The van der Waals surface area contributed by atoms with Gasteiger partial charge < -0.3 is 34.1 Å². The Morgan fingerprint density at radius 3 is 2.59 bits per heavy atom. The Morgan fingerprint density at radius 2 is 1.97 bits per heavy atom.